The summed E-state index contributed by atoms with van der Waals surface area (Å²) in [5.41, 5.74) is 1.98. The van der Waals surface area contributed by atoms with Gasteiger partial charge in [-0.2, -0.15) is 0 Å². The molecule has 130 valence electrons. The number of halogens is 1. The van der Waals surface area contributed by atoms with E-state index < -0.39 is 0 Å². The largest absolute Gasteiger partial charge is 0.483 e. The highest BCUT2D eigenvalue weighted by Gasteiger charge is 2.15. The third-order valence-electron chi connectivity index (χ3n) is 3.79. The number of rotatable bonds is 7. The summed E-state index contributed by atoms with van der Waals surface area (Å²) in [7, 11) is 0. The molecule has 1 N–H and O–H groups in total. The molecule has 0 aliphatic heterocycles. The Morgan fingerprint density at radius 3 is 2.46 bits per heavy atom. The molecule has 0 atom stereocenters. The van der Waals surface area contributed by atoms with Crippen LogP contribution in [0.1, 0.15) is 48.7 Å². The van der Waals surface area contributed by atoms with Gasteiger partial charge in [0.2, 0.25) is 5.13 Å². The van der Waals surface area contributed by atoms with Gasteiger partial charge in [-0.25, -0.2) is 0 Å². The lowest BCUT2D eigenvalue weighted by molar-refractivity contribution is -0.118. The van der Waals surface area contributed by atoms with E-state index in [9.17, 15) is 4.79 Å². The number of aryl methyl sites for hydroxylation is 2. The summed E-state index contributed by atoms with van der Waals surface area (Å²) in [4.78, 5) is 12.1. The highest BCUT2D eigenvalue weighted by Crippen LogP contribution is 2.29. The van der Waals surface area contributed by atoms with Gasteiger partial charge >= 0.3 is 0 Å². The van der Waals surface area contributed by atoms with Crippen molar-refractivity contribution in [1.29, 1.82) is 0 Å². The van der Waals surface area contributed by atoms with Crippen molar-refractivity contribution in [3.05, 3.63) is 32.7 Å². The lowest BCUT2D eigenvalue weighted by Crippen LogP contribution is -2.20. The van der Waals surface area contributed by atoms with Crippen LogP contribution < -0.4 is 10.1 Å². The van der Waals surface area contributed by atoms with E-state index in [4.69, 9.17) is 4.74 Å². The van der Waals surface area contributed by atoms with Gasteiger partial charge in [0.15, 0.2) is 6.61 Å². The number of hydrogen-bond donors (Lipinski definition) is 1. The van der Waals surface area contributed by atoms with Crippen LogP contribution in [0.25, 0.3) is 0 Å². The van der Waals surface area contributed by atoms with Crippen LogP contribution in [0.15, 0.2) is 16.6 Å². The van der Waals surface area contributed by atoms with Gasteiger partial charge in [0.05, 0.1) is 0 Å². The van der Waals surface area contributed by atoms with E-state index in [0.29, 0.717) is 11.0 Å². The zero-order chi connectivity index (χ0) is 17.7. The van der Waals surface area contributed by atoms with Crippen molar-refractivity contribution in [2.45, 2.75) is 46.5 Å². The maximum absolute atomic E-state index is 12.1. The average molecular weight is 412 g/mol. The third-order valence-corrected chi connectivity index (χ3v) is 5.25. The Labute approximate surface area is 155 Å². The standard InChI is InChI=1S/C17H22BrN3O2S/c1-5-12(6-2)16-20-21-17(24-16)19-14(22)9-23-15-10(3)7-13(18)8-11(15)4/h7-8,12H,5-6,9H2,1-4H3,(H,19,21,22). The van der Waals surface area contributed by atoms with Crippen LogP contribution in [-0.2, 0) is 4.79 Å². The Kier molecular flexibility index (Phi) is 6.74. The molecule has 1 aromatic heterocycles. The van der Waals surface area contributed by atoms with Crippen LogP contribution >= 0.6 is 27.3 Å². The summed E-state index contributed by atoms with van der Waals surface area (Å²) in [5.74, 6) is 0.907. The SMILES string of the molecule is CCC(CC)c1nnc(NC(=O)COc2c(C)cc(Br)cc2C)s1. The monoisotopic (exact) mass is 411 g/mol. The van der Waals surface area contributed by atoms with Crippen LogP contribution in [0.4, 0.5) is 5.13 Å². The first kappa shape index (κ1) is 18.9. The first-order valence-corrected chi connectivity index (χ1v) is 9.58. The number of nitrogens with zero attached hydrogens (tertiary/aromatic N) is 2. The zero-order valence-electron chi connectivity index (χ0n) is 14.4. The molecule has 7 heteroatoms. The molecule has 1 heterocycles. The quantitative estimate of drug-likeness (QED) is 0.707. The molecule has 5 nitrogen and oxygen atoms in total. The van der Waals surface area contributed by atoms with E-state index in [-0.39, 0.29) is 12.5 Å². The Hall–Kier alpha value is -1.47. The number of benzene rings is 1. The van der Waals surface area contributed by atoms with Crippen molar-refractivity contribution >= 4 is 38.3 Å². The van der Waals surface area contributed by atoms with Gasteiger partial charge in [-0.05, 0) is 49.9 Å². The van der Waals surface area contributed by atoms with Crippen molar-refractivity contribution in [3.8, 4) is 5.75 Å². The number of aromatic nitrogens is 2. The molecule has 0 radical (unpaired) electrons. The lowest BCUT2D eigenvalue weighted by Gasteiger charge is -2.12. The number of ether oxygens (including phenoxy) is 1. The maximum atomic E-state index is 12.1. The van der Waals surface area contributed by atoms with Crippen molar-refractivity contribution in [1.82, 2.24) is 10.2 Å². The molecule has 0 aliphatic carbocycles. The fourth-order valence-corrected chi connectivity index (χ4v) is 4.22. The summed E-state index contributed by atoms with van der Waals surface area (Å²) in [6.45, 7) is 8.12. The van der Waals surface area contributed by atoms with Crippen LogP contribution in [-0.4, -0.2) is 22.7 Å². The summed E-state index contributed by atoms with van der Waals surface area (Å²) in [5, 5.41) is 12.5. The van der Waals surface area contributed by atoms with Gasteiger partial charge in [-0.1, -0.05) is 41.1 Å². The number of carbonyl (C=O) groups excluding carboxylic acids is 1. The van der Waals surface area contributed by atoms with E-state index in [1.165, 1.54) is 11.3 Å². The highest BCUT2D eigenvalue weighted by atomic mass is 79.9. The highest BCUT2D eigenvalue weighted by molar-refractivity contribution is 9.10. The van der Waals surface area contributed by atoms with Gasteiger partial charge in [0.25, 0.3) is 5.91 Å². The fourth-order valence-electron chi connectivity index (χ4n) is 2.51. The first-order chi connectivity index (χ1) is 11.4. The second kappa shape index (κ2) is 8.58. The Morgan fingerprint density at radius 2 is 1.88 bits per heavy atom. The molecule has 1 aromatic carbocycles. The fraction of sp³-hybridized carbons (Fsp3) is 0.471. The van der Waals surface area contributed by atoms with Crippen molar-refractivity contribution in [2.75, 3.05) is 11.9 Å². The van der Waals surface area contributed by atoms with Gasteiger partial charge in [0, 0.05) is 10.4 Å². The molecule has 0 bridgehead atoms. The molecule has 2 rings (SSSR count). The molecular weight excluding hydrogens is 390 g/mol. The molecule has 0 fully saturated rings. The van der Waals surface area contributed by atoms with Crippen LogP contribution in [0.3, 0.4) is 0 Å². The Morgan fingerprint density at radius 1 is 1.25 bits per heavy atom. The second-order valence-corrected chi connectivity index (χ2v) is 7.59. The number of carbonyl (C=O) groups is 1. The minimum Gasteiger partial charge on any atom is -0.483 e. The maximum Gasteiger partial charge on any atom is 0.264 e. The molecule has 1 amide bonds. The van der Waals surface area contributed by atoms with Crippen LogP contribution in [0, 0.1) is 13.8 Å². The minimum atomic E-state index is -0.232. The van der Waals surface area contributed by atoms with E-state index in [0.717, 1.165) is 39.2 Å². The van der Waals surface area contributed by atoms with Gasteiger partial charge in [0.1, 0.15) is 10.8 Å². The molecule has 0 unspecified atom stereocenters. The molecule has 2 aromatic rings. The molecule has 0 saturated carbocycles. The van der Waals surface area contributed by atoms with Crippen LogP contribution in [0.2, 0.25) is 0 Å². The second-order valence-electron chi connectivity index (χ2n) is 5.66. The van der Waals surface area contributed by atoms with Crippen molar-refractivity contribution in [3.63, 3.8) is 0 Å². The van der Waals surface area contributed by atoms with Crippen molar-refractivity contribution < 1.29 is 9.53 Å². The third kappa shape index (κ3) is 4.77. The molecule has 0 saturated heterocycles. The number of amides is 1. The van der Waals surface area contributed by atoms with Crippen molar-refractivity contribution in [2.24, 2.45) is 0 Å². The number of hydrogen-bond acceptors (Lipinski definition) is 5. The smallest absolute Gasteiger partial charge is 0.264 e. The summed E-state index contributed by atoms with van der Waals surface area (Å²) >= 11 is 4.88. The molecular formula is C17H22BrN3O2S. The topological polar surface area (TPSA) is 64.1 Å². The van der Waals surface area contributed by atoms with E-state index in [1.54, 1.807) is 0 Å². The molecule has 0 aliphatic rings. The van der Waals surface area contributed by atoms with E-state index in [2.05, 4.69) is 45.3 Å². The van der Waals surface area contributed by atoms with Gasteiger partial charge in [-0.15, -0.1) is 10.2 Å². The molecule has 0 spiro atoms. The predicted molar refractivity (Wildman–Crippen MR) is 101 cm³/mol. The number of nitrogens with one attached hydrogen (secondary N) is 1. The van der Waals surface area contributed by atoms with E-state index >= 15 is 0 Å². The molecule has 24 heavy (non-hydrogen) atoms. The summed E-state index contributed by atoms with van der Waals surface area (Å²) < 4.78 is 6.67. The zero-order valence-corrected chi connectivity index (χ0v) is 16.8. The van der Waals surface area contributed by atoms with E-state index in [1.807, 2.05) is 26.0 Å². The number of anilines is 1. The average Bonchev–Trinajstić information content (AvgIpc) is 2.95. The lowest BCUT2D eigenvalue weighted by atomic mass is 10.1. The Balaban J connectivity index is 1.95. The Bertz CT molecular complexity index is 691. The summed E-state index contributed by atoms with van der Waals surface area (Å²) in [6, 6.07) is 3.93. The normalized spacial score (nSPS) is 10.9. The first-order valence-electron chi connectivity index (χ1n) is 7.97. The van der Waals surface area contributed by atoms with Gasteiger partial charge < -0.3 is 4.74 Å². The van der Waals surface area contributed by atoms with Gasteiger partial charge in [-0.3, -0.25) is 10.1 Å². The van der Waals surface area contributed by atoms with Crippen LogP contribution in [0.5, 0.6) is 5.75 Å². The predicted octanol–water partition coefficient (Wildman–Crippen LogP) is 4.84. The summed E-state index contributed by atoms with van der Waals surface area (Å²) in [6.07, 6.45) is 2.04. The minimum absolute atomic E-state index is 0.0524.